The van der Waals surface area contributed by atoms with Crippen molar-refractivity contribution in [1.29, 1.82) is 0 Å². The van der Waals surface area contributed by atoms with Crippen LogP contribution in [0.25, 0.3) is 0 Å². The quantitative estimate of drug-likeness (QED) is 0.281. The Morgan fingerprint density at radius 2 is 1.57 bits per heavy atom. The number of benzene rings is 2. The lowest BCUT2D eigenvalue weighted by molar-refractivity contribution is -0.137. The summed E-state index contributed by atoms with van der Waals surface area (Å²) in [5, 5.41) is 19.4. The lowest BCUT2D eigenvalue weighted by Gasteiger charge is -2.39. The van der Waals surface area contributed by atoms with E-state index in [0.717, 1.165) is 22.9 Å². The predicted molar refractivity (Wildman–Crippen MR) is 130 cm³/mol. The first-order chi connectivity index (χ1) is 14.2. The number of hydrogen-bond acceptors (Lipinski definition) is 4. The number of carboxylic acid groups (broad SMARTS) is 1. The highest BCUT2D eigenvalue weighted by molar-refractivity contribution is 8.03. The van der Waals surface area contributed by atoms with Gasteiger partial charge in [0.25, 0.3) is 0 Å². The first-order valence-corrected chi connectivity index (χ1v) is 11.7. The van der Waals surface area contributed by atoms with E-state index in [1.54, 1.807) is 11.8 Å². The summed E-state index contributed by atoms with van der Waals surface area (Å²) in [6.45, 7) is 0. The Bertz CT molecular complexity index is 778. The second-order valence-electron chi connectivity index (χ2n) is 7.45. The Balaban J connectivity index is 2.04. The number of carbonyl (C=O) groups is 1. The van der Waals surface area contributed by atoms with Gasteiger partial charge in [-0.15, -0.1) is 11.8 Å². The average Bonchev–Trinajstić information content (AvgIpc) is 2.70. The van der Waals surface area contributed by atoms with E-state index < -0.39 is 20.6 Å². The molecule has 0 saturated heterocycles. The lowest BCUT2D eigenvalue weighted by Crippen LogP contribution is -2.39. The fraction of sp³-hybridized carbons (Fsp3) is 0.409. The Morgan fingerprint density at radius 1 is 0.967 bits per heavy atom. The summed E-state index contributed by atoms with van der Waals surface area (Å²) in [6, 6.07) is 19.2. The molecule has 0 aliphatic rings. The number of thioether (sulfide) groups is 2. The number of aliphatic hydroxyl groups excluding tert-OH is 1. The largest absolute Gasteiger partial charge is 0.481 e. The summed E-state index contributed by atoms with van der Waals surface area (Å²) in [6.07, 6.45) is 2.15. The van der Waals surface area contributed by atoms with Gasteiger partial charge >= 0.3 is 5.97 Å². The van der Waals surface area contributed by atoms with Gasteiger partial charge in [0.2, 0.25) is 0 Å². The van der Waals surface area contributed by atoms with E-state index in [4.69, 9.17) is 28.6 Å². The van der Waals surface area contributed by atoms with Crippen molar-refractivity contribution >= 4 is 53.0 Å². The maximum absolute atomic E-state index is 10.8. The molecule has 0 fully saturated rings. The number of unbranched alkanes of at least 4 members (excludes halogenated alkanes) is 1. The third kappa shape index (κ3) is 9.28. The third-order valence-electron chi connectivity index (χ3n) is 4.60. The summed E-state index contributed by atoms with van der Waals surface area (Å²) >= 11 is 2.63. The maximum Gasteiger partial charge on any atom is 0.303 e. The minimum atomic E-state index is -1.25. The van der Waals surface area contributed by atoms with Gasteiger partial charge in [-0.2, -0.15) is 11.8 Å². The highest BCUT2D eigenvalue weighted by Gasteiger charge is 2.33. The predicted octanol–water partition coefficient (Wildman–Crippen LogP) is 4.23. The molecule has 2 unspecified atom stereocenters. The van der Waals surface area contributed by atoms with Crippen LogP contribution >= 0.6 is 23.5 Å². The summed E-state index contributed by atoms with van der Waals surface area (Å²) in [4.78, 5) is 10.8. The van der Waals surface area contributed by atoms with Crippen molar-refractivity contribution < 1.29 is 15.0 Å². The molecule has 0 aromatic heterocycles. The van der Waals surface area contributed by atoms with Gasteiger partial charge < -0.3 is 10.2 Å². The smallest absolute Gasteiger partial charge is 0.303 e. The van der Waals surface area contributed by atoms with Gasteiger partial charge in [0.1, 0.15) is 5.44 Å². The molecule has 30 heavy (non-hydrogen) atoms. The number of aliphatic hydroxyl groups is 1. The first-order valence-electron chi connectivity index (χ1n) is 9.86. The van der Waals surface area contributed by atoms with E-state index in [2.05, 4.69) is 0 Å². The van der Waals surface area contributed by atoms with Crippen LogP contribution in [-0.4, -0.2) is 48.9 Å². The Hall–Kier alpha value is -1.24. The number of rotatable bonds is 13. The van der Waals surface area contributed by atoms with Crippen LogP contribution in [-0.2, 0) is 10.5 Å². The van der Waals surface area contributed by atoms with Crippen molar-refractivity contribution in [3.63, 3.8) is 0 Å². The molecule has 2 N–H and O–H groups in total. The van der Waals surface area contributed by atoms with Gasteiger partial charge in [0.05, 0.1) is 23.5 Å². The molecule has 0 bridgehead atoms. The zero-order valence-electron chi connectivity index (χ0n) is 16.9. The van der Waals surface area contributed by atoms with Crippen LogP contribution < -0.4 is 0 Å². The van der Waals surface area contributed by atoms with Crippen LogP contribution in [0.5, 0.6) is 0 Å². The van der Waals surface area contributed by atoms with E-state index in [-0.39, 0.29) is 12.8 Å². The monoisotopic (exact) mass is 434 g/mol. The molecule has 0 heterocycles. The molecular formula is C22H25B3O3S2. The zero-order chi connectivity index (χ0) is 22.0. The molecule has 0 aliphatic heterocycles. The van der Waals surface area contributed by atoms with Crippen molar-refractivity contribution in [2.75, 3.05) is 0 Å². The first kappa shape index (κ1) is 25.0. The zero-order valence-corrected chi connectivity index (χ0v) is 18.6. The van der Waals surface area contributed by atoms with Crippen LogP contribution in [0.15, 0.2) is 60.7 Å². The van der Waals surface area contributed by atoms with Gasteiger partial charge in [-0.3, -0.25) is 4.79 Å². The number of aliphatic carboxylic acids is 1. The van der Waals surface area contributed by atoms with Gasteiger partial charge in [-0.25, -0.2) is 0 Å². The van der Waals surface area contributed by atoms with Crippen LogP contribution in [0.2, 0.25) is 0 Å². The van der Waals surface area contributed by atoms with Crippen molar-refractivity contribution in [2.45, 2.75) is 52.5 Å². The van der Waals surface area contributed by atoms with Crippen molar-refractivity contribution in [3.8, 4) is 0 Å². The van der Waals surface area contributed by atoms with Crippen LogP contribution in [0.1, 0.15) is 48.7 Å². The molecule has 2 aromatic rings. The second-order valence-corrected chi connectivity index (χ2v) is 10.3. The highest BCUT2D eigenvalue weighted by atomic mass is 32.2. The van der Waals surface area contributed by atoms with E-state index in [1.807, 2.05) is 60.7 Å². The number of hydrogen-bond donors (Lipinski definition) is 2. The summed E-state index contributed by atoms with van der Waals surface area (Å²) in [5.74, 6) is -0.124. The standard InChI is InChI=1S/C22H25B3O3S2/c23-21(14-8-7-13-19(26)27,29-15-17-9-3-1-4-10-17)16-22(24,25)30-20(28)18-11-5-2-6-12-18/h1-6,9-12,20,28H,7-8,13-16H2,(H,26,27). The maximum atomic E-state index is 10.8. The van der Waals surface area contributed by atoms with E-state index in [9.17, 15) is 9.90 Å². The normalized spacial score (nSPS) is 14.7. The van der Waals surface area contributed by atoms with Gasteiger partial charge in [-0.1, -0.05) is 71.6 Å². The van der Waals surface area contributed by atoms with Crippen LogP contribution in [0.3, 0.4) is 0 Å². The van der Waals surface area contributed by atoms with Gasteiger partial charge in [-0.05, 0) is 35.0 Å². The molecule has 8 heteroatoms. The molecule has 152 valence electrons. The Morgan fingerprint density at radius 3 is 2.17 bits per heavy atom. The molecule has 6 radical (unpaired) electrons. The molecule has 2 rings (SSSR count). The molecule has 3 nitrogen and oxygen atoms in total. The van der Waals surface area contributed by atoms with Crippen molar-refractivity contribution in [1.82, 2.24) is 0 Å². The molecule has 2 aromatic carbocycles. The Labute approximate surface area is 192 Å². The van der Waals surface area contributed by atoms with Gasteiger partial charge in [0.15, 0.2) is 0 Å². The highest BCUT2D eigenvalue weighted by Crippen LogP contribution is 2.43. The molecular weight excluding hydrogens is 409 g/mol. The summed E-state index contributed by atoms with van der Waals surface area (Å²) in [5.41, 5.74) is 1.000. The fourth-order valence-electron chi connectivity index (χ4n) is 3.12. The van der Waals surface area contributed by atoms with Crippen LogP contribution in [0.4, 0.5) is 0 Å². The molecule has 0 aliphatic carbocycles. The van der Waals surface area contributed by atoms with Crippen molar-refractivity contribution in [3.05, 3.63) is 71.8 Å². The minimum Gasteiger partial charge on any atom is -0.481 e. The van der Waals surface area contributed by atoms with Crippen LogP contribution in [0, 0.1) is 0 Å². The molecule has 0 saturated carbocycles. The van der Waals surface area contributed by atoms with Crippen molar-refractivity contribution in [2.24, 2.45) is 0 Å². The third-order valence-corrected chi connectivity index (χ3v) is 7.08. The summed E-state index contributed by atoms with van der Waals surface area (Å²) in [7, 11) is 19.4. The summed E-state index contributed by atoms with van der Waals surface area (Å²) < 4.78 is -2.00. The topological polar surface area (TPSA) is 57.5 Å². The molecule has 0 spiro atoms. The minimum absolute atomic E-state index is 0.108. The van der Waals surface area contributed by atoms with Gasteiger partial charge in [0, 0.05) is 12.2 Å². The fourth-order valence-corrected chi connectivity index (χ4v) is 5.53. The molecule has 0 amide bonds. The average molecular weight is 434 g/mol. The molecule has 2 atom stereocenters. The Kier molecular flexibility index (Phi) is 9.99. The lowest BCUT2D eigenvalue weighted by atomic mass is 9.60. The van der Waals surface area contributed by atoms with E-state index in [0.29, 0.717) is 25.0 Å². The SMILES string of the molecule is [B]C([B])(CC([B])(CCCCC(=O)O)SCc1ccccc1)SC(O)c1ccccc1. The second kappa shape index (κ2) is 12.0. The van der Waals surface area contributed by atoms with E-state index >= 15 is 0 Å². The number of carboxylic acids is 1. The van der Waals surface area contributed by atoms with E-state index in [1.165, 1.54) is 0 Å².